The first-order valence-corrected chi connectivity index (χ1v) is 7.70. The Labute approximate surface area is 113 Å². The molecule has 96 valence electrons. The molecule has 1 fully saturated rings. The second kappa shape index (κ2) is 6.15. The molecule has 0 atom stereocenters. The molecule has 1 aromatic carbocycles. The van der Waals surface area contributed by atoms with Gasteiger partial charge in [-0.05, 0) is 50.0 Å². The standard InChI is InChI=1S/C15H19NOS/c1-11-6-8-12(9-7-11)17-14-4-3-5-15(18-2)13(14)10-16/h3-5,11-12H,6-9H2,1-2H3. The predicted octanol–water partition coefficient (Wildman–Crippen LogP) is 4.24. The fourth-order valence-electron chi connectivity index (χ4n) is 2.42. The van der Waals surface area contributed by atoms with Gasteiger partial charge in [-0.15, -0.1) is 11.8 Å². The van der Waals surface area contributed by atoms with E-state index in [0.29, 0.717) is 5.56 Å². The minimum Gasteiger partial charge on any atom is -0.489 e. The van der Waals surface area contributed by atoms with Gasteiger partial charge in [0.25, 0.3) is 0 Å². The van der Waals surface area contributed by atoms with Gasteiger partial charge in [-0.1, -0.05) is 13.0 Å². The van der Waals surface area contributed by atoms with Crippen LogP contribution in [-0.2, 0) is 0 Å². The zero-order valence-electron chi connectivity index (χ0n) is 11.0. The number of hydrogen-bond acceptors (Lipinski definition) is 3. The summed E-state index contributed by atoms with van der Waals surface area (Å²) < 4.78 is 6.03. The maximum absolute atomic E-state index is 9.26. The molecule has 1 aromatic rings. The van der Waals surface area contributed by atoms with E-state index in [2.05, 4.69) is 13.0 Å². The van der Waals surface area contributed by atoms with Crippen molar-refractivity contribution in [1.29, 1.82) is 5.26 Å². The zero-order chi connectivity index (χ0) is 13.0. The maximum Gasteiger partial charge on any atom is 0.138 e. The Morgan fingerprint density at radius 2 is 2.00 bits per heavy atom. The molecule has 0 radical (unpaired) electrons. The maximum atomic E-state index is 9.26. The van der Waals surface area contributed by atoms with Crippen LogP contribution in [0.5, 0.6) is 5.75 Å². The largest absolute Gasteiger partial charge is 0.489 e. The SMILES string of the molecule is CSc1cccc(OC2CCC(C)CC2)c1C#N. The third-order valence-electron chi connectivity index (χ3n) is 3.58. The minimum absolute atomic E-state index is 0.283. The van der Waals surface area contributed by atoms with Crippen molar-refractivity contribution >= 4 is 11.8 Å². The molecule has 1 saturated carbocycles. The van der Waals surface area contributed by atoms with E-state index in [0.717, 1.165) is 29.4 Å². The van der Waals surface area contributed by atoms with Crippen molar-refractivity contribution in [3.8, 4) is 11.8 Å². The van der Waals surface area contributed by atoms with E-state index >= 15 is 0 Å². The van der Waals surface area contributed by atoms with Gasteiger partial charge in [0.1, 0.15) is 17.4 Å². The first-order valence-electron chi connectivity index (χ1n) is 6.48. The molecule has 0 aliphatic heterocycles. The van der Waals surface area contributed by atoms with Gasteiger partial charge in [-0.25, -0.2) is 0 Å². The van der Waals surface area contributed by atoms with E-state index in [1.807, 2.05) is 24.5 Å². The van der Waals surface area contributed by atoms with Crippen LogP contribution in [-0.4, -0.2) is 12.4 Å². The molecule has 0 heterocycles. The first kappa shape index (κ1) is 13.3. The van der Waals surface area contributed by atoms with Crippen LogP contribution in [0.15, 0.2) is 23.1 Å². The van der Waals surface area contributed by atoms with Crippen LogP contribution in [0.2, 0.25) is 0 Å². The Hall–Kier alpha value is -1.14. The van der Waals surface area contributed by atoms with Gasteiger partial charge in [0, 0.05) is 4.90 Å². The van der Waals surface area contributed by atoms with Crippen LogP contribution < -0.4 is 4.74 Å². The normalized spacial score (nSPS) is 23.4. The quantitative estimate of drug-likeness (QED) is 0.763. The van der Waals surface area contributed by atoms with E-state index in [9.17, 15) is 5.26 Å². The van der Waals surface area contributed by atoms with Gasteiger partial charge in [0.15, 0.2) is 0 Å². The summed E-state index contributed by atoms with van der Waals surface area (Å²) in [6.07, 6.45) is 6.95. The fourth-order valence-corrected chi connectivity index (χ4v) is 2.98. The Kier molecular flexibility index (Phi) is 4.54. The van der Waals surface area contributed by atoms with Gasteiger partial charge in [0.05, 0.1) is 6.10 Å². The van der Waals surface area contributed by atoms with E-state index in [4.69, 9.17) is 4.74 Å². The first-order chi connectivity index (χ1) is 8.74. The molecule has 0 bridgehead atoms. The average molecular weight is 261 g/mol. The van der Waals surface area contributed by atoms with Crippen molar-refractivity contribution in [2.75, 3.05) is 6.26 Å². The van der Waals surface area contributed by atoms with Crippen LogP contribution in [0.1, 0.15) is 38.2 Å². The lowest BCUT2D eigenvalue weighted by Crippen LogP contribution is -2.23. The van der Waals surface area contributed by atoms with Crippen molar-refractivity contribution in [2.24, 2.45) is 5.92 Å². The average Bonchev–Trinajstić information content (AvgIpc) is 2.41. The summed E-state index contributed by atoms with van der Waals surface area (Å²) in [5, 5.41) is 9.26. The highest BCUT2D eigenvalue weighted by molar-refractivity contribution is 7.98. The molecule has 0 aromatic heterocycles. The third kappa shape index (κ3) is 3.00. The summed E-state index contributed by atoms with van der Waals surface area (Å²) in [7, 11) is 0. The fraction of sp³-hybridized carbons (Fsp3) is 0.533. The highest BCUT2D eigenvalue weighted by Gasteiger charge is 2.21. The summed E-state index contributed by atoms with van der Waals surface area (Å²) in [4.78, 5) is 0.999. The Balaban J connectivity index is 2.12. The Morgan fingerprint density at radius 1 is 1.28 bits per heavy atom. The molecule has 3 heteroatoms. The number of benzene rings is 1. The molecule has 0 unspecified atom stereocenters. The van der Waals surface area contributed by atoms with Gasteiger partial charge in [0.2, 0.25) is 0 Å². The number of rotatable bonds is 3. The van der Waals surface area contributed by atoms with Crippen molar-refractivity contribution < 1.29 is 4.74 Å². The summed E-state index contributed by atoms with van der Waals surface area (Å²) >= 11 is 1.59. The Morgan fingerprint density at radius 3 is 2.61 bits per heavy atom. The highest BCUT2D eigenvalue weighted by Crippen LogP contribution is 2.32. The molecule has 2 nitrogen and oxygen atoms in total. The lowest BCUT2D eigenvalue weighted by molar-refractivity contribution is 0.135. The van der Waals surface area contributed by atoms with Gasteiger partial charge in [-0.2, -0.15) is 5.26 Å². The monoisotopic (exact) mass is 261 g/mol. The second-order valence-corrected chi connectivity index (χ2v) is 5.79. The lowest BCUT2D eigenvalue weighted by atomic mass is 9.89. The summed E-state index contributed by atoms with van der Waals surface area (Å²) in [5.74, 6) is 1.57. The van der Waals surface area contributed by atoms with Crippen LogP contribution in [0.25, 0.3) is 0 Å². The molecule has 0 amide bonds. The smallest absolute Gasteiger partial charge is 0.138 e. The number of ether oxygens (including phenoxy) is 1. The molecular formula is C15H19NOS. The van der Waals surface area contributed by atoms with Gasteiger partial charge < -0.3 is 4.74 Å². The molecule has 1 aliphatic carbocycles. The van der Waals surface area contributed by atoms with Crippen LogP contribution >= 0.6 is 11.8 Å². The van der Waals surface area contributed by atoms with Crippen LogP contribution in [0.4, 0.5) is 0 Å². The van der Waals surface area contributed by atoms with Crippen molar-refractivity contribution in [3.05, 3.63) is 23.8 Å². The summed E-state index contributed by atoms with van der Waals surface area (Å²) in [5.41, 5.74) is 0.684. The van der Waals surface area contributed by atoms with Crippen molar-refractivity contribution in [2.45, 2.75) is 43.6 Å². The third-order valence-corrected chi connectivity index (χ3v) is 4.36. The van der Waals surface area contributed by atoms with E-state index in [1.165, 1.54) is 12.8 Å². The van der Waals surface area contributed by atoms with Gasteiger partial charge in [-0.3, -0.25) is 0 Å². The number of nitrogens with zero attached hydrogens (tertiary/aromatic N) is 1. The van der Waals surface area contributed by atoms with Crippen LogP contribution in [0, 0.1) is 17.2 Å². The molecule has 0 saturated heterocycles. The molecule has 2 rings (SSSR count). The van der Waals surface area contributed by atoms with Gasteiger partial charge >= 0.3 is 0 Å². The van der Waals surface area contributed by atoms with E-state index in [1.54, 1.807) is 11.8 Å². The molecule has 18 heavy (non-hydrogen) atoms. The molecule has 1 aliphatic rings. The second-order valence-electron chi connectivity index (χ2n) is 4.94. The number of thioether (sulfide) groups is 1. The number of hydrogen-bond donors (Lipinski definition) is 0. The minimum atomic E-state index is 0.283. The highest BCUT2D eigenvalue weighted by atomic mass is 32.2. The molecule has 0 spiro atoms. The van der Waals surface area contributed by atoms with Crippen LogP contribution in [0.3, 0.4) is 0 Å². The molecule has 0 N–H and O–H groups in total. The zero-order valence-corrected chi connectivity index (χ0v) is 11.8. The van der Waals surface area contributed by atoms with E-state index < -0.39 is 0 Å². The topological polar surface area (TPSA) is 33.0 Å². The summed E-state index contributed by atoms with van der Waals surface area (Å²) in [6, 6.07) is 8.12. The summed E-state index contributed by atoms with van der Waals surface area (Å²) in [6.45, 7) is 2.30. The molecular weight excluding hydrogens is 242 g/mol. The lowest BCUT2D eigenvalue weighted by Gasteiger charge is -2.27. The van der Waals surface area contributed by atoms with Crippen molar-refractivity contribution in [3.63, 3.8) is 0 Å². The Bertz CT molecular complexity index is 444. The van der Waals surface area contributed by atoms with E-state index in [-0.39, 0.29) is 6.10 Å². The predicted molar refractivity (Wildman–Crippen MR) is 75.0 cm³/mol. The van der Waals surface area contributed by atoms with Crippen molar-refractivity contribution in [1.82, 2.24) is 0 Å². The number of nitriles is 1.